The van der Waals surface area contributed by atoms with Crippen molar-refractivity contribution in [2.75, 3.05) is 31.5 Å². The third-order valence-corrected chi connectivity index (χ3v) is 5.79. The predicted molar refractivity (Wildman–Crippen MR) is 109 cm³/mol. The lowest BCUT2D eigenvalue weighted by molar-refractivity contribution is -0.144. The molecule has 0 saturated carbocycles. The zero-order valence-electron chi connectivity index (χ0n) is 16.9. The number of carbonyl (C=O) groups is 3. The van der Waals surface area contributed by atoms with Crippen LogP contribution in [0, 0.1) is 17.8 Å². The van der Waals surface area contributed by atoms with Crippen LogP contribution < -0.4 is 5.32 Å². The van der Waals surface area contributed by atoms with Gasteiger partial charge in [0.2, 0.25) is 17.7 Å². The van der Waals surface area contributed by atoms with Crippen LogP contribution in [0.4, 0.5) is 5.69 Å². The topological polar surface area (TPSA) is 69.7 Å². The van der Waals surface area contributed by atoms with Gasteiger partial charge in [-0.3, -0.25) is 14.4 Å². The average molecular weight is 386 g/mol. The molecule has 2 saturated heterocycles. The molecular weight excluding hydrogens is 354 g/mol. The fourth-order valence-corrected chi connectivity index (χ4v) is 4.13. The van der Waals surface area contributed by atoms with E-state index in [2.05, 4.69) is 5.32 Å². The second-order valence-electron chi connectivity index (χ2n) is 8.23. The van der Waals surface area contributed by atoms with E-state index in [0.717, 1.165) is 25.1 Å². The van der Waals surface area contributed by atoms with Crippen molar-refractivity contribution in [3.05, 3.63) is 30.3 Å². The van der Waals surface area contributed by atoms with Gasteiger partial charge in [-0.05, 0) is 37.8 Å². The molecule has 6 nitrogen and oxygen atoms in total. The number of nitrogens with zero attached hydrogens (tertiary/aromatic N) is 2. The van der Waals surface area contributed by atoms with Crippen molar-refractivity contribution in [2.45, 2.75) is 39.5 Å². The number of rotatable bonds is 4. The summed E-state index contributed by atoms with van der Waals surface area (Å²) in [4.78, 5) is 41.4. The Kier molecular flexibility index (Phi) is 6.70. The molecule has 1 N–H and O–H groups in total. The Morgan fingerprint density at radius 2 is 1.61 bits per heavy atom. The first kappa shape index (κ1) is 20.4. The minimum atomic E-state index is -0.105. The highest BCUT2D eigenvalue weighted by Crippen LogP contribution is 2.25. The van der Waals surface area contributed by atoms with Gasteiger partial charge in [0.05, 0.1) is 5.92 Å². The monoisotopic (exact) mass is 385 g/mol. The van der Waals surface area contributed by atoms with Gasteiger partial charge in [-0.25, -0.2) is 0 Å². The minimum absolute atomic E-state index is 0.0321. The van der Waals surface area contributed by atoms with Crippen molar-refractivity contribution in [3.8, 4) is 0 Å². The molecule has 0 aliphatic carbocycles. The number of likely N-dealkylation sites (tertiary alicyclic amines) is 2. The quantitative estimate of drug-likeness (QED) is 0.866. The highest BCUT2D eigenvalue weighted by atomic mass is 16.2. The molecule has 0 bridgehead atoms. The lowest BCUT2D eigenvalue weighted by atomic mass is 9.92. The molecule has 2 aliphatic rings. The van der Waals surface area contributed by atoms with Crippen molar-refractivity contribution < 1.29 is 14.4 Å². The average Bonchev–Trinajstić information content (AvgIpc) is 2.73. The normalized spacial score (nSPS) is 20.9. The summed E-state index contributed by atoms with van der Waals surface area (Å²) in [6, 6.07) is 9.47. The number of piperidine rings is 2. The van der Waals surface area contributed by atoms with Gasteiger partial charge in [0, 0.05) is 43.7 Å². The van der Waals surface area contributed by atoms with E-state index in [9.17, 15) is 14.4 Å². The molecule has 28 heavy (non-hydrogen) atoms. The van der Waals surface area contributed by atoms with Crippen LogP contribution in [-0.2, 0) is 14.4 Å². The molecule has 152 valence electrons. The lowest BCUT2D eigenvalue weighted by Gasteiger charge is -2.38. The number of para-hydroxylation sites is 1. The molecule has 2 aliphatic heterocycles. The fraction of sp³-hybridized carbons (Fsp3) is 0.591. The van der Waals surface area contributed by atoms with Gasteiger partial charge in [-0.15, -0.1) is 0 Å². The molecular formula is C22H31N3O3. The molecule has 0 aromatic heterocycles. The minimum Gasteiger partial charge on any atom is -0.342 e. The van der Waals surface area contributed by atoms with E-state index in [4.69, 9.17) is 0 Å². The van der Waals surface area contributed by atoms with Crippen LogP contribution in [0.15, 0.2) is 30.3 Å². The first-order chi connectivity index (χ1) is 13.5. The second kappa shape index (κ2) is 9.22. The zero-order chi connectivity index (χ0) is 20.1. The Morgan fingerprint density at radius 1 is 0.929 bits per heavy atom. The Hall–Kier alpha value is -2.37. The molecule has 6 heteroatoms. The van der Waals surface area contributed by atoms with Gasteiger partial charge in [-0.1, -0.05) is 32.0 Å². The van der Waals surface area contributed by atoms with Crippen LogP contribution in [0.2, 0.25) is 0 Å². The molecule has 1 atom stereocenters. The molecule has 1 unspecified atom stereocenters. The number of hydrogen-bond acceptors (Lipinski definition) is 3. The molecule has 0 spiro atoms. The number of hydrogen-bond donors (Lipinski definition) is 1. The Balaban J connectivity index is 1.49. The summed E-state index contributed by atoms with van der Waals surface area (Å²) in [7, 11) is 0. The van der Waals surface area contributed by atoms with E-state index in [0.29, 0.717) is 32.5 Å². The summed E-state index contributed by atoms with van der Waals surface area (Å²) >= 11 is 0. The Labute approximate surface area is 167 Å². The van der Waals surface area contributed by atoms with E-state index in [-0.39, 0.29) is 35.5 Å². The van der Waals surface area contributed by atoms with E-state index in [1.165, 1.54) is 0 Å². The van der Waals surface area contributed by atoms with Crippen LogP contribution in [-0.4, -0.2) is 53.7 Å². The van der Waals surface area contributed by atoms with E-state index < -0.39 is 0 Å². The standard InChI is InChI=1S/C22H31N3O3/c1-16(2)21(27)25-12-6-7-18(15-25)22(28)24-13-10-17(11-14-24)20(26)23-19-8-4-3-5-9-19/h3-5,8-9,16-18H,6-7,10-15H2,1-2H3,(H,23,26). The molecule has 0 radical (unpaired) electrons. The van der Waals surface area contributed by atoms with Crippen molar-refractivity contribution >= 4 is 23.4 Å². The number of anilines is 1. The number of carbonyl (C=O) groups excluding carboxylic acids is 3. The first-order valence-corrected chi connectivity index (χ1v) is 10.4. The van der Waals surface area contributed by atoms with E-state index >= 15 is 0 Å². The van der Waals surface area contributed by atoms with Crippen LogP contribution in [0.1, 0.15) is 39.5 Å². The summed E-state index contributed by atoms with van der Waals surface area (Å²) in [6.45, 7) is 6.31. The van der Waals surface area contributed by atoms with Gasteiger partial charge in [0.1, 0.15) is 0 Å². The van der Waals surface area contributed by atoms with Crippen LogP contribution in [0.5, 0.6) is 0 Å². The number of benzene rings is 1. The summed E-state index contributed by atoms with van der Waals surface area (Å²) in [5.41, 5.74) is 0.808. The largest absolute Gasteiger partial charge is 0.342 e. The fourth-order valence-electron chi connectivity index (χ4n) is 4.13. The number of nitrogens with one attached hydrogen (secondary N) is 1. The maximum atomic E-state index is 12.9. The molecule has 1 aromatic carbocycles. The van der Waals surface area contributed by atoms with Gasteiger partial charge in [0.15, 0.2) is 0 Å². The molecule has 2 fully saturated rings. The van der Waals surface area contributed by atoms with Gasteiger partial charge >= 0.3 is 0 Å². The predicted octanol–water partition coefficient (Wildman–Crippen LogP) is 2.76. The molecule has 1 aromatic rings. The van der Waals surface area contributed by atoms with Gasteiger partial charge in [-0.2, -0.15) is 0 Å². The van der Waals surface area contributed by atoms with Crippen molar-refractivity contribution in [1.82, 2.24) is 9.80 Å². The summed E-state index contributed by atoms with van der Waals surface area (Å²) in [5.74, 6) is 0.107. The Bertz CT molecular complexity index is 696. The van der Waals surface area contributed by atoms with Crippen molar-refractivity contribution in [1.29, 1.82) is 0 Å². The Morgan fingerprint density at radius 3 is 2.25 bits per heavy atom. The lowest BCUT2D eigenvalue weighted by Crippen LogP contribution is -2.50. The summed E-state index contributed by atoms with van der Waals surface area (Å²) in [5, 5.41) is 2.96. The summed E-state index contributed by atoms with van der Waals surface area (Å²) in [6.07, 6.45) is 3.09. The molecule has 3 rings (SSSR count). The number of amides is 3. The van der Waals surface area contributed by atoms with Crippen molar-refractivity contribution in [2.24, 2.45) is 17.8 Å². The SMILES string of the molecule is CC(C)C(=O)N1CCCC(C(=O)N2CCC(C(=O)Nc3ccccc3)CC2)C1. The van der Waals surface area contributed by atoms with E-state index in [1.54, 1.807) is 0 Å². The second-order valence-corrected chi connectivity index (χ2v) is 8.23. The smallest absolute Gasteiger partial charge is 0.227 e. The third kappa shape index (κ3) is 4.91. The van der Waals surface area contributed by atoms with E-state index in [1.807, 2.05) is 54.0 Å². The maximum Gasteiger partial charge on any atom is 0.227 e. The van der Waals surface area contributed by atoms with Gasteiger partial charge in [0.25, 0.3) is 0 Å². The molecule has 2 heterocycles. The maximum absolute atomic E-state index is 12.9. The van der Waals surface area contributed by atoms with Crippen LogP contribution in [0.3, 0.4) is 0 Å². The first-order valence-electron chi connectivity index (χ1n) is 10.4. The zero-order valence-corrected chi connectivity index (χ0v) is 16.9. The van der Waals surface area contributed by atoms with Crippen LogP contribution >= 0.6 is 0 Å². The summed E-state index contributed by atoms with van der Waals surface area (Å²) < 4.78 is 0. The molecule has 3 amide bonds. The highest BCUT2D eigenvalue weighted by molar-refractivity contribution is 5.92. The van der Waals surface area contributed by atoms with Crippen molar-refractivity contribution in [3.63, 3.8) is 0 Å². The van der Waals surface area contributed by atoms with Crippen LogP contribution in [0.25, 0.3) is 0 Å². The highest BCUT2D eigenvalue weighted by Gasteiger charge is 2.34. The third-order valence-electron chi connectivity index (χ3n) is 5.79. The van der Waals surface area contributed by atoms with Gasteiger partial charge < -0.3 is 15.1 Å².